The van der Waals surface area contributed by atoms with Crippen molar-refractivity contribution in [3.05, 3.63) is 17.8 Å². The lowest BCUT2D eigenvalue weighted by atomic mass is 10.2. The minimum Gasteiger partial charge on any atom is -0.364 e. The Morgan fingerprint density at radius 3 is 2.73 bits per heavy atom. The zero-order valence-electron chi connectivity index (χ0n) is 9.34. The zero-order valence-corrected chi connectivity index (χ0v) is 9.34. The second kappa shape index (κ2) is 3.43. The predicted molar refractivity (Wildman–Crippen MR) is 57.2 cm³/mol. The van der Waals surface area contributed by atoms with Gasteiger partial charge in [-0.2, -0.15) is 0 Å². The van der Waals surface area contributed by atoms with Gasteiger partial charge >= 0.3 is 0 Å². The average Bonchev–Trinajstić information content (AvgIpc) is 2.77. The lowest BCUT2D eigenvalue weighted by Gasteiger charge is -2.09. The second-order valence-corrected chi connectivity index (χ2v) is 4.73. The minimum atomic E-state index is -0.303. The lowest BCUT2D eigenvalue weighted by molar-refractivity contribution is 0.589. The van der Waals surface area contributed by atoms with Gasteiger partial charge in [-0.1, -0.05) is 20.8 Å². The van der Waals surface area contributed by atoms with Gasteiger partial charge in [-0.05, 0) is 18.3 Å². The summed E-state index contributed by atoms with van der Waals surface area (Å²) in [7, 11) is 0. The zero-order chi connectivity index (χ0) is 11.1. The van der Waals surface area contributed by atoms with Crippen LogP contribution < -0.4 is 5.32 Å². The van der Waals surface area contributed by atoms with E-state index < -0.39 is 0 Å². The maximum absolute atomic E-state index is 13.7. The van der Waals surface area contributed by atoms with Gasteiger partial charge in [0.15, 0.2) is 11.6 Å². The SMILES string of the molecule is CCc1ncnc(NC2CC2(C)C)c1F. The van der Waals surface area contributed by atoms with Crippen LogP contribution in [-0.2, 0) is 6.42 Å². The smallest absolute Gasteiger partial charge is 0.186 e. The van der Waals surface area contributed by atoms with Crippen molar-refractivity contribution in [1.82, 2.24) is 9.97 Å². The largest absolute Gasteiger partial charge is 0.364 e. The molecule has 0 saturated heterocycles. The van der Waals surface area contributed by atoms with Crippen LogP contribution in [0.2, 0.25) is 0 Å². The van der Waals surface area contributed by atoms with Crippen molar-refractivity contribution in [2.24, 2.45) is 5.41 Å². The lowest BCUT2D eigenvalue weighted by Crippen LogP contribution is -2.12. The Balaban J connectivity index is 2.15. The third kappa shape index (κ3) is 1.94. The molecular weight excluding hydrogens is 193 g/mol. The van der Waals surface area contributed by atoms with Crippen LogP contribution in [0.15, 0.2) is 6.33 Å². The molecule has 0 spiro atoms. The summed E-state index contributed by atoms with van der Waals surface area (Å²) in [5.41, 5.74) is 0.745. The molecule has 1 heterocycles. The molecule has 1 saturated carbocycles. The summed E-state index contributed by atoms with van der Waals surface area (Å²) in [6, 6.07) is 0.339. The van der Waals surface area contributed by atoms with Crippen LogP contribution in [-0.4, -0.2) is 16.0 Å². The second-order valence-electron chi connectivity index (χ2n) is 4.73. The monoisotopic (exact) mass is 209 g/mol. The van der Waals surface area contributed by atoms with E-state index in [1.807, 2.05) is 6.92 Å². The molecule has 15 heavy (non-hydrogen) atoms. The van der Waals surface area contributed by atoms with Gasteiger partial charge < -0.3 is 5.32 Å². The molecule has 0 aromatic carbocycles. The summed E-state index contributed by atoms with van der Waals surface area (Å²) in [5.74, 6) is 0.0418. The summed E-state index contributed by atoms with van der Waals surface area (Å²) in [6.07, 6.45) is 3.08. The van der Waals surface area contributed by atoms with Gasteiger partial charge in [0.1, 0.15) is 6.33 Å². The summed E-state index contributed by atoms with van der Waals surface area (Å²) >= 11 is 0. The molecule has 0 radical (unpaired) electrons. The molecule has 1 aliphatic carbocycles. The van der Waals surface area contributed by atoms with Crippen LogP contribution in [0.5, 0.6) is 0 Å². The van der Waals surface area contributed by atoms with E-state index >= 15 is 0 Å². The van der Waals surface area contributed by atoms with Crippen molar-refractivity contribution in [3.8, 4) is 0 Å². The first kappa shape index (κ1) is 10.3. The summed E-state index contributed by atoms with van der Waals surface area (Å²) < 4.78 is 13.7. The number of anilines is 1. The maximum Gasteiger partial charge on any atom is 0.186 e. The van der Waals surface area contributed by atoms with E-state index in [-0.39, 0.29) is 11.2 Å². The molecule has 4 heteroatoms. The topological polar surface area (TPSA) is 37.8 Å². The molecule has 1 atom stereocenters. The number of aryl methyl sites for hydroxylation is 1. The number of aromatic nitrogens is 2. The highest BCUT2D eigenvalue weighted by Gasteiger charge is 2.46. The molecule has 3 nitrogen and oxygen atoms in total. The van der Waals surface area contributed by atoms with Gasteiger partial charge in [0.25, 0.3) is 0 Å². The third-order valence-corrected chi connectivity index (χ3v) is 3.02. The standard InChI is InChI=1S/C11H16FN3/c1-4-7-9(12)10(14-6-13-7)15-8-5-11(8,2)3/h6,8H,4-5H2,1-3H3,(H,13,14,15). The van der Waals surface area contributed by atoms with Gasteiger partial charge in [-0.3, -0.25) is 0 Å². The number of halogens is 1. The van der Waals surface area contributed by atoms with Crippen molar-refractivity contribution in [2.75, 3.05) is 5.32 Å². The summed E-state index contributed by atoms with van der Waals surface area (Å²) in [4.78, 5) is 7.83. The van der Waals surface area contributed by atoms with Crippen molar-refractivity contribution >= 4 is 5.82 Å². The van der Waals surface area contributed by atoms with Gasteiger partial charge in [0.05, 0.1) is 5.69 Å². The van der Waals surface area contributed by atoms with E-state index in [0.29, 0.717) is 24.0 Å². The molecule has 0 bridgehead atoms. The van der Waals surface area contributed by atoms with Crippen LogP contribution in [0.1, 0.15) is 32.9 Å². The number of nitrogens with zero attached hydrogens (tertiary/aromatic N) is 2. The highest BCUT2D eigenvalue weighted by atomic mass is 19.1. The molecule has 1 aliphatic rings. The summed E-state index contributed by atoms with van der Waals surface area (Å²) in [5, 5.41) is 3.12. The van der Waals surface area contributed by atoms with Gasteiger partial charge in [-0.25, -0.2) is 14.4 Å². The number of hydrogen-bond acceptors (Lipinski definition) is 3. The van der Waals surface area contributed by atoms with Crippen molar-refractivity contribution in [3.63, 3.8) is 0 Å². The Hall–Kier alpha value is -1.19. The Bertz CT molecular complexity index is 376. The fourth-order valence-corrected chi connectivity index (χ4v) is 1.63. The van der Waals surface area contributed by atoms with Gasteiger partial charge in [0, 0.05) is 6.04 Å². The van der Waals surface area contributed by atoms with E-state index in [9.17, 15) is 4.39 Å². The minimum absolute atomic E-state index is 0.268. The fourth-order valence-electron chi connectivity index (χ4n) is 1.63. The van der Waals surface area contributed by atoms with Crippen LogP contribution in [0.4, 0.5) is 10.2 Å². The normalized spacial score (nSPS) is 22.5. The number of nitrogens with one attached hydrogen (secondary N) is 1. The Labute approximate surface area is 89.1 Å². The van der Waals surface area contributed by atoms with E-state index in [2.05, 4.69) is 29.1 Å². The first-order chi connectivity index (χ1) is 7.04. The Morgan fingerprint density at radius 1 is 1.53 bits per heavy atom. The van der Waals surface area contributed by atoms with Crippen molar-refractivity contribution < 1.29 is 4.39 Å². The predicted octanol–water partition coefficient (Wildman–Crippen LogP) is 2.39. The Morgan fingerprint density at radius 2 is 2.20 bits per heavy atom. The molecule has 2 rings (SSSR count). The van der Waals surface area contributed by atoms with Crippen LogP contribution in [0, 0.1) is 11.2 Å². The highest BCUT2D eigenvalue weighted by Crippen LogP contribution is 2.46. The maximum atomic E-state index is 13.7. The molecule has 82 valence electrons. The average molecular weight is 209 g/mol. The Kier molecular flexibility index (Phi) is 2.37. The van der Waals surface area contributed by atoms with Gasteiger partial charge in [-0.15, -0.1) is 0 Å². The van der Waals surface area contributed by atoms with Crippen LogP contribution in [0.25, 0.3) is 0 Å². The highest BCUT2D eigenvalue weighted by molar-refractivity contribution is 5.41. The third-order valence-electron chi connectivity index (χ3n) is 3.02. The molecule has 1 unspecified atom stereocenters. The first-order valence-corrected chi connectivity index (χ1v) is 5.30. The molecule has 1 fully saturated rings. The molecule has 1 aromatic heterocycles. The summed E-state index contributed by atoms with van der Waals surface area (Å²) in [6.45, 7) is 6.20. The molecule has 0 aliphatic heterocycles. The van der Waals surface area contributed by atoms with E-state index in [1.54, 1.807) is 0 Å². The van der Waals surface area contributed by atoms with E-state index in [0.717, 1.165) is 6.42 Å². The molecular formula is C11H16FN3. The van der Waals surface area contributed by atoms with Gasteiger partial charge in [0.2, 0.25) is 0 Å². The number of rotatable bonds is 3. The van der Waals surface area contributed by atoms with Crippen LogP contribution >= 0.6 is 0 Å². The fraction of sp³-hybridized carbons (Fsp3) is 0.636. The quantitative estimate of drug-likeness (QED) is 0.830. The van der Waals surface area contributed by atoms with E-state index in [4.69, 9.17) is 0 Å². The molecule has 0 amide bonds. The van der Waals surface area contributed by atoms with Crippen molar-refractivity contribution in [2.45, 2.75) is 39.7 Å². The molecule has 1 N–H and O–H groups in total. The number of hydrogen-bond donors (Lipinski definition) is 1. The van der Waals surface area contributed by atoms with Crippen LogP contribution in [0.3, 0.4) is 0 Å². The molecule has 1 aromatic rings. The first-order valence-electron chi connectivity index (χ1n) is 5.30. The van der Waals surface area contributed by atoms with Crippen molar-refractivity contribution in [1.29, 1.82) is 0 Å². The van der Waals surface area contributed by atoms with E-state index in [1.165, 1.54) is 6.33 Å².